The van der Waals surface area contributed by atoms with Crippen molar-refractivity contribution < 1.29 is 4.74 Å². The van der Waals surface area contributed by atoms with E-state index in [1.807, 2.05) is 18.2 Å². The van der Waals surface area contributed by atoms with Crippen LogP contribution in [0.15, 0.2) is 66.8 Å². The zero-order valence-electron chi connectivity index (χ0n) is 11.7. The van der Waals surface area contributed by atoms with E-state index < -0.39 is 0 Å². The summed E-state index contributed by atoms with van der Waals surface area (Å²) in [4.78, 5) is 0. The Balaban J connectivity index is 1.67. The lowest BCUT2D eigenvalue weighted by molar-refractivity contribution is 0.226. The van der Waals surface area contributed by atoms with Crippen molar-refractivity contribution >= 4 is 11.3 Å². The van der Waals surface area contributed by atoms with Crippen LogP contribution in [0.1, 0.15) is 23.5 Å². The largest absolute Gasteiger partial charge is 0.489 e. The average molecular weight is 275 g/mol. The summed E-state index contributed by atoms with van der Waals surface area (Å²) in [6.45, 7) is 0. The average Bonchev–Trinajstić information content (AvgIpc) is 2.70. The van der Waals surface area contributed by atoms with Crippen molar-refractivity contribution in [2.24, 2.45) is 0 Å². The Kier molecular flexibility index (Phi) is 2.81. The van der Waals surface area contributed by atoms with E-state index in [1.54, 1.807) is 0 Å². The van der Waals surface area contributed by atoms with Crippen LogP contribution in [0.2, 0.25) is 0 Å². The Morgan fingerprint density at radius 3 is 2.76 bits per heavy atom. The fourth-order valence-corrected chi connectivity index (χ4v) is 3.20. The Morgan fingerprint density at radius 2 is 1.90 bits per heavy atom. The molecule has 2 aromatic carbocycles. The highest BCUT2D eigenvalue weighted by Gasteiger charge is 2.34. The molecule has 0 aromatic heterocycles. The molecule has 0 fully saturated rings. The monoisotopic (exact) mass is 275 g/mol. The number of rotatable bonds is 1. The molecular formula is C19H17NO. The molecule has 0 amide bonds. The second kappa shape index (κ2) is 4.81. The molecule has 21 heavy (non-hydrogen) atoms. The van der Waals surface area contributed by atoms with Gasteiger partial charge in [0.05, 0.1) is 0 Å². The molecule has 0 spiro atoms. The van der Waals surface area contributed by atoms with Crippen LogP contribution in [0.5, 0.6) is 5.75 Å². The lowest BCUT2D eigenvalue weighted by Crippen LogP contribution is -2.17. The van der Waals surface area contributed by atoms with Crippen molar-refractivity contribution in [1.29, 1.82) is 0 Å². The van der Waals surface area contributed by atoms with Gasteiger partial charge < -0.3 is 10.5 Å². The van der Waals surface area contributed by atoms with Gasteiger partial charge in [-0.25, -0.2) is 0 Å². The van der Waals surface area contributed by atoms with Crippen molar-refractivity contribution in [3.63, 3.8) is 0 Å². The van der Waals surface area contributed by atoms with Gasteiger partial charge in [0.2, 0.25) is 0 Å². The molecule has 2 unspecified atom stereocenters. The number of fused-ring (bicyclic) bond motifs is 3. The van der Waals surface area contributed by atoms with E-state index in [4.69, 9.17) is 10.5 Å². The van der Waals surface area contributed by atoms with Crippen molar-refractivity contribution in [2.45, 2.75) is 18.4 Å². The van der Waals surface area contributed by atoms with Crippen LogP contribution in [0.4, 0.5) is 5.69 Å². The molecule has 2 aromatic rings. The number of anilines is 1. The predicted molar refractivity (Wildman–Crippen MR) is 86.2 cm³/mol. The van der Waals surface area contributed by atoms with Crippen LogP contribution in [0.25, 0.3) is 5.57 Å². The first-order chi connectivity index (χ1) is 10.3. The van der Waals surface area contributed by atoms with Crippen LogP contribution in [-0.4, -0.2) is 6.10 Å². The van der Waals surface area contributed by atoms with Crippen molar-refractivity contribution in [1.82, 2.24) is 0 Å². The highest BCUT2D eigenvalue weighted by molar-refractivity contribution is 5.69. The number of benzene rings is 2. The quantitative estimate of drug-likeness (QED) is 0.793. The van der Waals surface area contributed by atoms with Gasteiger partial charge in [-0.2, -0.15) is 0 Å². The Bertz CT molecular complexity index is 730. The van der Waals surface area contributed by atoms with Gasteiger partial charge >= 0.3 is 0 Å². The molecule has 0 bridgehead atoms. The van der Waals surface area contributed by atoms with Crippen LogP contribution in [0, 0.1) is 0 Å². The predicted octanol–water partition coefficient (Wildman–Crippen LogP) is 4.16. The molecule has 2 aliphatic rings. The normalized spacial score (nSPS) is 22.8. The summed E-state index contributed by atoms with van der Waals surface area (Å²) in [7, 11) is 0. The van der Waals surface area contributed by atoms with Crippen molar-refractivity contribution in [3.05, 3.63) is 77.9 Å². The molecular weight excluding hydrogens is 258 g/mol. The van der Waals surface area contributed by atoms with Gasteiger partial charge in [0, 0.05) is 29.7 Å². The first kappa shape index (κ1) is 12.3. The smallest absolute Gasteiger partial charge is 0.125 e. The molecule has 4 rings (SSSR count). The molecule has 2 nitrogen and oxygen atoms in total. The minimum absolute atomic E-state index is 0.159. The van der Waals surface area contributed by atoms with Gasteiger partial charge in [-0.3, -0.25) is 0 Å². The number of nitrogens with two attached hydrogens (primary N) is 1. The minimum atomic E-state index is 0.159. The first-order valence-electron chi connectivity index (χ1n) is 7.30. The zero-order valence-corrected chi connectivity index (χ0v) is 11.7. The Hall–Kier alpha value is -2.48. The number of allylic oxidation sites excluding steroid dienone is 2. The van der Waals surface area contributed by atoms with Gasteiger partial charge in [-0.15, -0.1) is 0 Å². The fourth-order valence-electron chi connectivity index (χ4n) is 3.20. The van der Waals surface area contributed by atoms with E-state index >= 15 is 0 Å². The van der Waals surface area contributed by atoms with E-state index in [0.29, 0.717) is 5.92 Å². The number of hydrogen-bond donors (Lipinski definition) is 1. The van der Waals surface area contributed by atoms with Crippen LogP contribution >= 0.6 is 0 Å². The molecule has 2 N–H and O–H groups in total. The number of hydrogen-bond acceptors (Lipinski definition) is 2. The van der Waals surface area contributed by atoms with E-state index in [1.165, 1.54) is 16.7 Å². The van der Waals surface area contributed by atoms with Gasteiger partial charge in [0.25, 0.3) is 0 Å². The SMILES string of the molecule is Nc1ccc2c(c1)OC1CC(c3ccccc3)=CC=CC21. The van der Waals surface area contributed by atoms with Gasteiger partial charge in [-0.1, -0.05) is 54.6 Å². The molecule has 2 heteroatoms. The number of nitrogen functional groups attached to an aromatic ring is 1. The van der Waals surface area contributed by atoms with Gasteiger partial charge in [0.15, 0.2) is 0 Å². The van der Waals surface area contributed by atoms with Crippen molar-refractivity contribution in [3.8, 4) is 5.75 Å². The Morgan fingerprint density at radius 1 is 1.05 bits per heavy atom. The molecule has 0 saturated heterocycles. The van der Waals surface area contributed by atoms with Crippen LogP contribution in [-0.2, 0) is 0 Å². The summed E-state index contributed by atoms with van der Waals surface area (Å²) in [5.41, 5.74) is 10.4. The molecule has 1 aliphatic carbocycles. The molecule has 0 saturated carbocycles. The first-order valence-corrected chi connectivity index (χ1v) is 7.30. The summed E-state index contributed by atoms with van der Waals surface area (Å²) in [5.74, 6) is 1.25. The lowest BCUT2D eigenvalue weighted by Gasteiger charge is -2.16. The fraction of sp³-hybridized carbons (Fsp3) is 0.158. The zero-order chi connectivity index (χ0) is 14.2. The third-order valence-corrected chi connectivity index (χ3v) is 4.26. The highest BCUT2D eigenvalue weighted by atomic mass is 16.5. The lowest BCUT2D eigenvalue weighted by atomic mass is 9.91. The summed E-state index contributed by atoms with van der Waals surface area (Å²) < 4.78 is 6.15. The van der Waals surface area contributed by atoms with Crippen LogP contribution in [0.3, 0.4) is 0 Å². The van der Waals surface area contributed by atoms with Crippen molar-refractivity contribution in [2.75, 3.05) is 5.73 Å². The molecule has 1 heterocycles. The summed E-state index contributed by atoms with van der Waals surface area (Å²) in [5, 5.41) is 0. The summed E-state index contributed by atoms with van der Waals surface area (Å²) in [6, 6.07) is 16.5. The second-order valence-electron chi connectivity index (χ2n) is 5.63. The van der Waals surface area contributed by atoms with E-state index in [2.05, 4.69) is 48.6 Å². The maximum atomic E-state index is 6.15. The van der Waals surface area contributed by atoms with E-state index in [0.717, 1.165) is 17.9 Å². The third kappa shape index (κ3) is 2.13. The third-order valence-electron chi connectivity index (χ3n) is 4.26. The second-order valence-corrected chi connectivity index (χ2v) is 5.63. The topological polar surface area (TPSA) is 35.2 Å². The molecule has 104 valence electrons. The minimum Gasteiger partial charge on any atom is -0.489 e. The highest BCUT2D eigenvalue weighted by Crippen LogP contribution is 2.44. The Labute approximate surface area is 124 Å². The maximum absolute atomic E-state index is 6.15. The molecule has 2 atom stereocenters. The summed E-state index contributed by atoms with van der Waals surface area (Å²) >= 11 is 0. The van der Waals surface area contributed by atoms with E-state index in [-0.39, 0.29) is 6.10 Å². The van der Waals surface area contributed by atoms with Gasteiger partial charge in [-0.05, 0) is 17.2 Å². The van der Waals surface area contributed by atoms with E-state index in [9.17, 15) is 0 Å². The number of ether oxygens (including phenoxy) is 1. The standard InChI is InChI=1S/C19H17NO/c20-15-9-10-17-16-8-4-7-14(13-5-2-1-3-6-13)11-18(16)21-19(17)12-15/h1-10,12,16,18H,11,20H2. The van der Waals surface area contributed by atoms with Crippen LogP contribution < -0.4 is 10.5 Å². The molecule has 0 radical (unpaired) electrons. The van der Waals surface area contributed by atoms with Gasteiger partial charge in [0.1, 0.15) is 11.9 Å². The maximum Gasteiger partial charge on any atom is 0.125 e. The summed E-state index contributed by atoms with van der Waals surface area (Å²) in [6.07, 6.45) is 7.67. The molecule has 1 aliphatic heterocycles.